The highest BCUT2D eigenvalue weighted by Crippen LogP contribution is 2.27. The number of benzene rings is 3. The van der Waals surface area contributed by atoms with Gasteiger partial charge in [-0.3, -0.25) is 9.59 Å². The van der Waals surface area contributed by atoms with E-state index >= 15 is 0 Å². The first-order chi connectivity index (χ1) is 16.5. The van der Waals surface area contributed by atoms with Gasteiger partial charge in [0.25, 0.3) is 11.8 Å². The van der Waals surface area contributed by atoms with Gasteiger partial charge in [0.05, 0.1) is 5.52 Å². The minimum atomic E-state index is -0.0983. The van der Waals surface area contributed by atoms with E-state index in [0.29, 0.717) is 18.1 Å². The van der Waals surface area contributed by atoms with Crippen molar-refractivity contribution in [3.05, 3.63) is 83.6 Å². The first kappa shape index (κ1) is 21.6. The summed E-state index contributed by atoms with van der Waals surface area (Å²) >= 11 is 0. The lowest BCUT2D eigenvalue weighted by atomic mass is 9.94. The Morgan fingerprint density at radius 2 is 1.76 bits per heavy atom. The van der Waals surface area contributed by atoms with Crippen molar-refractivity contribution >= 4 is 34.4 Å². The van der Waals surface area contributed by atoms with Crippen molar-refractivity contribution in [2.24, 2.45) is 0 Å². The molecule has 4 aromatic rings. The molecule has 2 amide bonds. The minimum absolute atomic E-state index is 0.0108. The van der Waals surface area contributed by atoms with E-state index in [4.69, 9.17) is 0 Å². The molecule has 0 radical (unpaired) electrons. The highest BCUT2D eigenvalue weighted by atomic mass is 16.2. The third-order valence-electron chi connectivity index (χ3n) is 5.77. The van der Waals surface area contributed by atoms with Crippen LogP contribution in [0.5, 0.6) is 0 Å². The van der Waals surface area contributed by atoms with Crippen LogP contribution in [-0.2, 0) is 6.42 Å². The van der Waals surface area contributed by atoms with Crippen LogP contribution in [0.25, 0.3) is 22.0 Å². The molecule has 0 saturated carbocycles. The zero-order valence-electron chi connectivity index (χ0n) is 19.1. The molecule has 0 atom stereocenters. The van der Waals surface area contributed by atoms with Crippen LogP contribution in [0.2, 0.25) is 0 Å². The van der Waals surface area contributed by atoms with Gasteiger partial charge in [-0.15, -0.1) is 0 Å². The molecule has 1 aliphatic heterocycles. The van der Waals surface area contributed by atoms with Gasteiger partial charge >= 0.3 is 0 Å². The minimum Gasteiger partial charge on any atom is -0.352 e. The molecule has 7 heteroatoms. The molecule has 34 heavy (non-hydrogen) atoms. The number of carbonyl (C=O) groups excluding carboxylic acids is 2. The highest BCUT2D eigenvalue weighted by molar-refractivity contribution is 5.97. The lowest BCUT2D eigenvalue weighted by Crippen LogP contribution is -2.31. The number of fused-ring (bicyclic) bond motifs is 2. The summed E-state index contributed by atoms with van der Waals surface area (Å²) < 4.78 is 0. The first-order valence-corrected chi connectivity index (χ1v) is 11.3. The van der Waals surface area contributed by atoms with E-state index in [2.05, 4.69) is 32.0 Å². The predicted molar refractivity (Wildman–Crippen MR) is 133 cm³/mol. The third kappa shape index (κ3) is 4.45. The number of rotatable bonds is 5. The summed E-state index contributed by atoms with van der Waals surface area (Å²) in [6.45, 7) is 4.53. The molecule has 0 fully saturated rings. The van der Waals surface area contributed by atoms with Crippen molar-refractivity contribution < 1.29 is 9.59 Å². The molecule has 0 saturated heterocycles. The number of anilines is 2. The maximum Gasteiger partial charge on any atom is 0.251 e. The predicted octanol–water partition coefficient (Wildman–Crippen LogP) is 4.46. The van der Waals surface area contributed by atoms with E-state index in [-0.39, 0.29) is 17.9 Å². The van der Waals surface area contributed by atoms with E-state index in [1.807, 2.05) is 56.3 Å². The summed E-state index contributed by atoms with van der Waals surface area (Å²) in [5.41, 5.74) is 6.12. The average Bonchev–Trinajstić information content (AvgIpc) is 2.83. The van der Waals surface area contributed by atoms with E-state index in [1.54, 1.807) is 18.3 Å². The van der Waals surface area contributed by atoms with Gasteiger partial charge in [0, 0.05) is 41.0 Å². The van der Waals surface area contributed by atoms with Crippen molar-refractivity contribution in [1.29, 1.82) is 0 Å². The molecule has 0 aliphatic carbocycles. The Balaban J connectivity index is 1.38. The van der Waals surface area contributed by atoms with Gasteiger partial charge in [0.2, 0.25) is 5.95 Å². The summed E-state index contributed by atoms with van der Waals surface area (Å²) in [4.78, 5) is 33.3. The summed E-state index contributed by atoms with van der Waals surface area (Å²) in [5.74, 6) is 0.369. The van der Waals surface area contributed by atoms with Crippen LogP contribution in [0.3, 0.4) is 0 Å². The second kappa shape index (κ2) is 8.94. The Morgan fingerprint density at radius 3 is 2.56 bits per heavy atom. The highest BCUT2D eigenvalue weighted by Gasteiger charge is 2.17. The smallest absolute Gasteiger partial charge is 0.251 e. The van der Waals surface area contributed by atoms with Crippen LogP contribution in [-0.4, -0.2) is 34.4 Å². The quantitative estimate of drug-likeness (QED) is 0.416. The molecule has 2 heterocycles. The molecule has 170 valence electrons. The maximum absolute atomic E-state index is 12.1. The monoisotopic (exact) mass is 451 g/mol. The van der Waals surface area contributed by atoms with Gasteiger partial charge in [-0.05, 0) is 73.4 Å². The SMILES string of the molecule is CC(C)NC(=O)c1ccc(Nc2ncc3ccc(-c4ccc5c(c4)CCNC5=O)cc3n2)cc1. The number of nitrogens with one attached hydrogen (secondary N) is 3. The van der Waals surface area contributed by atoms with Crippen LogP contribution in [0.1, 0.15) is 40.1 Å². The van der Waals surface area contributed by atoms with Crippen molar-refractivity contribution in [1.82, 2.24) is 20.6 Å². The second-order valence-electron chi connectivity index (χ2n) is 8.68. The van der Waals surface area contributed by atoms with Gasteiger partial charge in [-0.2, -0.15) is 0 Å². The number of hydrogen-bond acceptors (Lipinski definition) is 5. The fourth-order valence-electron chi connectivity index (χ4n) is 4.05. The Bertz CT molecular complexity index is 1400. The fourth-order valence-corrected chi connectivity index (χ4v) is 4.05. The molecule has 0 unspecified atom stereocenters. The third-order valence-corrected chi connectivity index (χ3v) is 5.77. The molecule has 5 rings (SSSR count). The van der Waals surface area contributed by atoms with Crippen LogP contribution >= 0.6 is 0 Å². The Hall–Kier alpha value is -4.26. The lowest BCUT2D eigenvalue weighted by Gasteiger charge is -2.17. The Labute approximate surface area is 197 Å². The Kier molecular flexibility index (Phi) is 5.67. The zero-order valence-corrected chi connectivity index (χ0v) is 19.1. The molecular weight excluding hydrogens is 426 g/mol. The maximum atomic E-state index is 12.1. The van der Waals surface area contributed by atoms with Crippen LogP contribution in [0.4, 0.5) is 11.6 Å². The molecule has 0 spiro atoms. The molecule has 3 N–H and O–H groups in total. The zero-order chi connectivity index (χ0) is 23.7. The van der Waals surface area contributed by atoms with Crippen molar-refractivity contribution in [3.63, 3.8) is 0 Å². The van der Waals surface area contributed by atoms with Crippen molar-refractivity contribution in [2.75, 3.05) is 11.9 Å². The summed E-state index contributed by atoms with van der Waals surface area (Å²) in [6.07, 6.45) is 2.62. The molecule has 3 aromatic carbocycles. The molecule has 1 aromatic heterocycles. The van der Waals surface area contributed by atoms with Gasteiger partial charge in [-0.25, -0.2) is 9.97 Å². The fraction of sp³-hybridized carbons (Fsp3) is 0.185. The van der Waals surface area contributed by atoms with Crippen LogP contribution in [0, 0.1) is 0 Å². The molecule has 1 aliphatic rings. The summed E-state index contributed by atoms with van der Waals surface area (Å²) in [5, 5.41) is 9.91. The van der Waals surface area contributed by atoms with Gasteiger partial charge < -0.3 is 16.0 Å². The van der Waals surface area contributed by atoms with Gasteiger partial charge in [0.1, 0.15) is 0 Å². The van der Waals surface area contributed by atoms with E-state index in [1.165, 1.54) is 0 Å². The van der Waals surface area contributed by atoms with Crippen molar-refractivity contribution in [2.45, 2.75) is 26.3 Å². The van der Waals surface area contributed by atoms with Crippen LogP contribution < -0.4 is 16.0 Å². The number of aromatic nitrogens is 2. The number of amides is 2. The normalized spacial score (nSPS) is 12.9. The molecule has 0 bridgehead atoms. The standard InChI is InChI=1S/C27H25N5O2/c1-16(2)30-25(33)17-5-8-22(9-6-17)31-27-29-15-21-4-3-19(14-24(21)32-27)18-7-10-23-20(13-18)11-12-28-26(23)34/h3-10,13-16H,11-12H2,1-2H3,(H,28,34)(H,30,33)(H,29,31,32). The van der Waals surface area contributed by atoms with E-state index in [9.17, 15) is 9.59 Å². The topological polar surface area (TPSA) is 96.0 Å². The first-order valence-electron chi connectivity index (χ1n) is 11.3. The largest absolute Gasteiger partial charge is 0.352 e. The Morgan fingerprint density at radius 1 is 1.00 bits per heavy atom. The average molecular weight is 452 g/mol. The van der Waals surface area contributed by atoms with Gasteiger partial charge in [-0.1, -0.05) is 24.3 Å². The molecule has 7 nitrogen and oxygen atoms in total. The van der Waals surface area contributed by atoms with Crippen molar-refractivity contribution in [3.8, 4) is 11.1 Å². The summed E-state index contributed by atoms with van der Waals surface area (Å²) in [6, 6.07) is 19.3. The van der Waals surface area contributed by atoms with E-state index in [0.717, 1.165) is 45.3 Å². The number of carbonyl (C=O) groups is 2. The second-order valence-corrected chi connectivity index (χ2v) is 8.68. The summed E-state index contributed by atoms with van der Waals surface area (Å²) in [7, 11) is 0. The lowest BCUT2D eigenvalue weighted by molar-refractivity contribution is 0.0936. The number of nitrogens with zero attached hydrogens (tertiary/aromatic N) is 2. The molecular formula is C27H25N5O2. The van der Waals surface area contributed by atoms with Gasteiger partial charge in [0.15, 0.2) is 0 Å². The van der Waals surface area contributed by atoms with E-state index < -0.39 is 0 Å². The number of hydrogen-bond donors (Lipinski definition) is 3. The van der Waals surface area contributed by atoms with Crippen LogP contribution in [0.15, 0.2) is 66.9 Å².